The van der Waals surface area contributed by atoms with Crippen molar-refractivity contribution in [2.45, 2.75) is 38.0 Å². The van der Waals surface area contributed by atoms with Crippen molar-refractivity contribution in [3.05, 3.63) is 90.6 Å². The summed E-state index contributed by atoms with van der Waals surface area (Å²) in [5.74, 6) is 0.666. The predicted octanol–water partition coefficient (Wildman–Crippen LogP) is 8.36. The molecule has 2 nitrogen and oxygen atoms in total. The average Bonchev–Trinajstić information content (AvgIpc) is 3.23. The second-order valence-electron chi connectivity index (χ2n) is 8.67. The Morgan fingerprint density at radius 2 is 1.58 bits per heavy atom. The summed E-state index contributed by atoms with van der Waals surface area (Å²) in [5, 5.41) is 2.30. The van der Waals surface area contributed by atoms with Gasteiger partial charge in [-0.2, -0.15) is 0 Å². The first-order valence-corrected chi connectivity index (χ1v) is 11.3. The van der Waals surface area contributed by atoms with Gasteiger partial charge in [0.1, 0.15) is 11.2 Å². The highest BCUT2D eigenvalue weighted by Gasteiger charge is 2.18. The van der Waals surface area contributed by atoms with Gasteiger partial charge in [0, 0.05) is 22.5 Å². The molecule has 152 valence electrons. The first-order chi connectivity index (χ1) is 15.4. The molecular formula is C29H25NO. The van der Waals surface area contributed by atoms with Gasteiger partial charge in [0.15, 0.2) is 0 Å². The van der Waals surface area contributed by atoms with Gasteiger partial charge in [0.25, 0.3) is 0 Å². The number of benzene rings is 3. The molecule has 1 aliphatic carbocycles. The summed E-state index contributed by atoms with van der Waals surface area (Å²) in [4.78, 5) is 4.73. The van der Waals surface area contributed by atoms with Gasteiger partial charge in [-0.1, -0.05) is 67.8 Å². The van der Waals surface area contributed by atoms with E-state index in [1.54, 1.807) is 0 Å². The van der Waals surface area contributed by atoms with Crippen molar-refractivity contribution in [1.29, 1.82) is 0 Å². The van der Waals surface area contributed by atoms with Crippen LogP contribution in [-0.4, -0.2) is 4.98 Å². The van der Waals surface area contributed by atoms with Gasteiger partial charge in [-0.25, -0.2) is 0 Å². The normalized spacial score (nSPS) is 15.0. The number of nitrogens with zero attached hydrogens (tertiary/aromatic N) is 1. The lowest BCUT2D eigenvalue weighted by atomic mass is 9.84. The zero-order chi connectivity index (χ0) is 20.6. The van der Waals surface area contributed by atoms with Crippen LogP contribution in [-0.2, 0) is 0 Å². The Morgan fingerprint density at radius 1 is 0.710 bits per heavy atom. The van der Waals surface area contributed by atoms with Crippen LogP contribution in [0.25, 0.3) is 44.3 Å². The lowest BCUT2D eigenvalue weighted by molar-refractivity contribution is 0.443. The van der Waals surface area contributed by atoms with Crippen LogP contribution in [0, 0.1) is 0 Å². The van der Waals surface area contributed by atoms with Crippen molar-refractivity contribution in [2.24, 2.45) is 0 Å². The van der Waals surface area contributed by atoms with E-state index in [9.17, 15) is 0 Å². The molecule has 3 aromatic carbocycles. The molecule has 0 radical (unpaired) electrons. The highest BCUT2D eigenvalue weighted by atomic mass is 16.3. The zero-order valence-electron chi connectivity index (χ0n) is 17.6. The fraction of sp³-hybridized carbons (Fsp3) is 0.207. The molecule has 0 N–H and O–H groups in total. The molecule has 5 aromatic rings. The highest BCUT2D eigenvalue weighted by molar-refractivity contribution is 6.10. The largest absolute Gasteiger partial charge is 0.455 e. The Labute approximate surface area is 182 Å². The van der Waals surface area contributed by atoms with Gasteiger partial charge in [-0.05, 0) is 65.8 Å². The van der Waals surface area contributed by atoms with Crippen molar-refractivity contribution in [3.63, 3.8) is 0 Å². The molecule has 2 heterocycles. The van der Waals surface area contributed by atoms with Crippen LogP contribution in [0.15, 0.2) is 89.5 Å². The Bertz CT molecular complexity index is 1360. The molecule has 2 heteroatoms. The third kappa shape index (κ3) is 3.33. The maximum atomic E-state index is 6.45. The van der Waals surface area contributed by atoms with E-state index in [4.69, 9.17) is 9.40 Å². The number of furan rings is 1. The molecule has 0 saturated heterocycles. The predicted molar refractivity (Wildman–Crippen MR) is 128 cm³/mol. The van der Waals surface area contributed by atoms with Crippen molar-refractivity contribution < 1.29 is 4.42 Å². The van der Waals surface area contributed by atoms with E-state index in [0.29, 0.717) is 5.92 Å². The molecule has 31 heavy (non-hydrogen) atoms. The molecule has 0 amide bonds. The van der Waals surface area contributed by atoms with Crippen molar-refractivity contribution in [2.75, 3.05) is 0 Å². The summed E-state index contributed by atoms with van der Waals surface area (Å²) in [6, 6.07) is 27.9. The monoisotopic (exact) mass is 403 g/mol. The van der Waals surface area contributed by atoms with Gasteiger partial charge in [0.05, 0.1) is 5.69 Å². The minimum atomic E-state index is 0.666. The van der Waals surface area contributed by atoms with E-state index in [1.807, 2.05) is 12.3 Å². The van der Waals surface area contributed by atoms with Crippen molar-refractivity contribution in [1.82, 2.24) is 4.98 Å². The Hall–Kier alpha value is -3.39. The van der Waals surface area contributed by atoms with Crippen molar-refractivity contribution >= 4 is 21.9 Å². The van der Waals surface area contributed by atoms with E-state index in [2.05, 4.69) is 72.8 Å². The van der Waals surface area contributed by atoms with E-state index < -0.39 is 0 Å². The van der Waals surface area contributed by atoms with Gasteiger partial charge < -0.3 is 4.42 Å². The number of pyridine rings is 1. The van der Waals surface area contributed by atoms with Crippen LogP contribution in [0.1, 0.15) is 43.6 Å². The number of rotatable bonds is 3. The topological polar surface area (TPSA) is 26.0 Å². The first kappa shape index (κ1) is 18.4. The van der Waals surface area contributed by atoms with Crippen molar-refractivity contribution in [3.8, 4) is 22.4 Å². The minimum absolute atomic E-state index is 0.666. The van der Waals surface area contributed by atoms with Gasteiger partial charge in [0.2, 0.25) is 0 Å². The zero-order valence-corrected chi connectivity index (χ0v) is 17.6. The van der Waals surface area contributed by atoms with Crippen LogP contribution < -0.4 is 0 Å². The Balaban J connectivity index is 1.47. The first-order valence-electron chi connectivity index (χ1n) is 11.3. The van der Waals surface area contributed by atoms with Gasteiger partial charge in [-0.3, -0.25) is 4.98 Å². The lowest BCUT2D eigenvalue weighted by Gasteiger charge is -2.22. The molecule has 6 rings (SSSR count). The maximum Gasteiger partial charge on any atom is 0.144 e. The smallest absolute Gasteiger partial charge is 0.144 e. The molecule has 1 aliphatic rings. The van der Waals surface area contributed by atoms with E-state index in [1.165, 1.54) is 48.8 Å². The fourth-order valence-corrected chi connectivity index (χ4v) is 5.09. The van der Waals surface area contributed by atoms with Crippen LogP contribution in [0.5, 0.6) is 0 Å². The minimum Gasteiger partial charge on any atom is -0.455 e. The lowest BCUT2D eigenvalue weighted by Crippen LogP contribution is -2.04. The Kier molecular flexibility index (Phi) is 4.57. The summed E-state index contributed by atoms with van der Waals surface area (Å²) in [6.45, 7) is 0. The number of para-hydroxylation sites is 1. The molecule has 0 atom stereocenters. The standard InChI is InChI=1S/C29H25NO/c1-3-8-20(9-4-1)22-14-15-24-25-12-7-13-26(29(25)31-28(24)19-22)27-18-23(16-17-30-27)21-10-5-2-6-11-21/h1,3-4,7-9,12-19,21H,2,5-6,10-11H2. The SMILES string of the molecule is c1ccc(-c2ccc3c(c2)oc2c(-c4cc(C5CCCCC5)ccn4)cccc23)cc1. The molecule has 1 fully saturated rings. The second kappa shape index (κ2) is 7.70. The second-order valence-corrected chi connectivity index (χ2v) is 8.67. The molecule has 0 aliphatic heterocycles. The van der Waals surface area contributed by atoms with Crippen LogP contribution in [0.4, 0.5) is 0 Å². The fourth-order valence-electron chi connectivity index (χ4n) is 5.09. The quantitative estimate of drug-likeness (QED) is 0.302. The van der Waals surface area contributed by atoms with Crippen LogP contribution >= 0.6 is 0 Å². The molecule has 0 spiro atoms. The number of hydrogen-bond acceptors (Lipinski definition) is 2. The van der Waals surface area contributed by atoms with Gasteiger partial charge >= 0.3 is 0 Å². The maximum absolute atomic E-state index is 6.45. The summed E-state index contributed by atoms with van der Waals surface area (Å²) in [6.07, 6.45) is 8.60. The summed E-state index contributed by atoms with van der Waals surface area (Å²) in [5.41, 5.74) is 7.73. The summed E-state index contributed by atoms with van der Waals surface area (Å²) in [7, 11) is 0. The summed E-state index contributed by atoms with van der Waals surface area (Å²) >= 11 is 0. The molecule has 0 unspecified atom stereocenters. The van der Waals surface area contributed by atoms with E-state index in [-0.39, 0.29) is 0 Å². The molecule has 1 saturated carbocycles. The molecule has 2 aromatic heterocycles. The van der Waals surface area contributed by atoms with E-state index in [0.717, 1.165) is 33.2 Å². The van der Waals surface area contributed by atoms with Crippen LogP contribution in [0.2, 0.25) is 0 Å². The summed E-state index contributed by atoms with van der Waals surface area (Å²) < 4.78 is 6.45. The van der Waals surface area contributed by atoms with E-state index >= 15 is 0 Å². The number of aromatic nitrogens is 1. The van der Waals surface area contributed by atoms with Crippen LogP contribution in [0.3, 0.4) is 0 Å². The third-order valence-corrected chi connectivity index (χ3v) is 6.74. The number of fused-ring (bicyclic) bond motifs is 3. The Morgan fingerprint density at radius 3 is 2.45 bits per heavy atom. The third-order valence-electron chi connectivity index (χ3n) is 6.74. The molecular weight excluding hydrogens is 378 g/mol. The van der Waals surface area contributed by atoms with Gasteiger partial charge in [-0.15, -0.1) is 0 Å². The molecule has 0 bridgehead atoms. The highest BCUT2D eigenvalue weighted by Crippen LogP contribution is 2.38. The average molecular weight is 404 g/mol. The number of hydrogen-bond donors (Lipinski definition) is 0.